The number of carbonyl (C=O) groups is 1. The van der Waals surface area contributed by atoms with Crippen LogP contribution in [0.3, 0.4) is 0 Å². The molecule has 100 valence electrons. The Balaban J connectivity index is 1.88. The van der Waals surface area contributed by atoms with Gasteiger partial charge in [0.2, 0.25) is 0 Å². The van der Waals surface area contributed by atoms with Gasteiger partial charge in [0, 0.05) is 0 Å². The van der Waals surface area contributed by atoms with E-state index in [9.17, 15) is 4.79 Å². The van der Waals surface area contributed by atoms with Gasteiger partial charge in [0.25, 0.3) is 5.89 Å². The standard InChI is InChI=1S/C13H13NO5/c1-2-17-13(16)9-8-18-12(14-9)6-4-3-5-10-11(7-15)19-10/h3,5,8,10-11,15H,2,7H2,1H3/b5-3+/t10-,11+/m0/s1. The number of carbonyl (C=O) groups excluding carboxylic acids is 1. The third-order valence-corrected chi connectivity index (χ3v) is 2.34. The molecule has 0 saturated carbocycles. The van der Waals surface area contributed by atoms with Gasteiger partial charge < -0.3 is 19.0 Å². The Morgan fingerprint density at radius 2 is 2.53 bits per heavy atom. The highest BCUT2D eigenvalue weighted by Gasteiger charge is 2.35. The van der Waals surface area contributed by atoms with Crippen LogP contribution >= 0.6 is 0 Å². The number of hydrogen-bond acceptors (Lipinski definition) is 6. The fraction of sp³-hybridized carbons (Fsp3) is 0.385. The minimum atomic E-state index is -0.535. The number of ether oxygens (including phenoxy) is 2. The zero-order chi connectivity index (χ0) is 13.7. The lowest BCUT2D eigenvalue weighted by molar-refractivity contribution is 0.0519. The molecule has 6 nitrogen and oxygen atoms in total. The SMILES string of the molecule is CCOC(=O)c1coc(C#C/C=C/[C@@H]2O[C@@H]2CO)n1. The molecule has 2 heterocycles. The van der Waals surface area contributed by atoms with Gasteiger partial charge in [-0.15, -0.1) is 0 Å². The quantitative estimate of drug-likeness (QED) is 0.484. The molecule has 1 N–H and O–H groups in total. The Morgan fingerprint density at radius 3 is 3.21 bits per heavy atom. The molecule has 0 aromatic carbocycles. The summed E-state index contributed by atoms with van der Waals surface area (Å²) in [6.45, 7) is 2.00. The lowest BCUT2D eigenvalue weighted by Crippen LogP contribution is -2.04. The lowest BCUT2D eigenvalue weighted by atomic mass is 10.3. The summed E-state index contributed by atoms with van der Waals surface area (Å²) in [7, 11) is 0. The van der Waals surface area contributed by atoms with Gasteiger partial charge >= 0.3 is 5.97 Å². The summed E-state index contributed by atoms with van der Waals surface area (Å²) in [4.78, 5) is 15.2. The van der Waals surface area contributed by atoms with Gasteiger partial charge in [0.05, 0.1) is 13.2 Å². The van der Waals surface area contributed by atoms with Crippen molar-refractivity contribution < 1.29 is 23.8 Å². The average Bonchev–Trinajstić information content (AvgIpc) is 3.01. The van der Waals surface area contributed by atoms with Gasteiger partial charge in [0.1, 0.15) is 18.5 Å². The molecule has 0 radical (unpaired) electrons. The third-order valence-electron chi connectivity index (χ3n) is 2.34. The van der Waals surface area contributed by atoms with E-state index in [1.807, 2.05) is 0 Å². The van der Waals surface area contributed by atoms with E-state index in [2.05, 4.69) is 16.8 Å². The zero-order valence-corrected chi connectivity index (χ0v) is 10.3. The summed E-state index contributed by atoms with van der Waals surface area (Å²) < 4.78 is 14.8. The molecule has 0 spiro atoms. The maximum atomic E-state index is 11.3. The van der Waals surface area contributed by atoms with Crippen molar-refractivity contribution in [1.29, 1.82) is 0 Å². The molecule has 6 heteroatoms. The largest absolute Gasteiger partial charge is 0.461 e. The predicted molar refractivity (Wildman–Crippen MR) is 64.2 cm³/mol. The number of hydrogen-bond donors (Lipinski definition) is 1. The topological polar surface area (TPSA) is 85.1 Å². The summed E-state index contributed by atoms with van der Waals surface area (Å²) in [5, 5.41) is 8.75. The normalized spacial score (nSPS) is 20.9. The van der Waals surface area contributed by atoms with Gasteiger partial charge in [-0.25, -0.2) is 4.79 Å². The van der Waals surface area contributed by atoms with Crippen molar-refractivity contribution in [3.05, 3.63) is 30.0 Å². The molecule has 1 aromatic heterocycles. The maximum absolute atomic E-state index is 11.3. The van der Waals surface area contributed by atoms with E-state index in [-0.39, 0.29) is 37.0 Å². The molecule has 1 aromatic rings. The summed E-state index contributed by atoms with van der Waals surface area (Å²) in [5.41, 5.74) is 0.0981. The first-order valence-corrected chi connectivity index (χ1v) is 5.81. The highest BCUT2D eigenvalue weighted by Crippen LogP contribution is 2.21. The summed E-state index contributed by atoms with van der Waals surface area (Å²) >= 11 is 0. The van der Waals surface area contributed by atoms with Crippen molar-refractivity contribution in [3.8, 4) is 11.8 Å². The van der Waals surface area contributed by atoms with E-state index >= 15 is 0 Å². The summed E-state index contributed by atoms with van der Waals surface area (Å²) in [5.74, 6) is 4.95. The molecule has 1 saturated heterocycles. The average molecular weight is 263 g/mol. The Bertz CT molecular complexity index is 537. The van der Waals surface area contributed by atoms with Crippen molar-refractivity contribution >= 4 is 5.97 Å². The molecule has 1 aliphatic rings. The van der Waals surface area contributed by atoms with Crippen molar-refractivity contribution in [1.82, 2.24) is 4.98 Å². The van der Waals surface area contributed by atoms with Gasteiger partial charge in [-0.05, 0) is 25.0 Å². The summed E-state index contributed by atoms with van der Waals surface area (Å²) in [6, 6.07) is 0. The molecule has 0 amide bonds. The van der Waals surface area contributed by atoms with Crippen molar-refractivity contribution in [2.45, 2.75) is 19.1 Å². The molecular formula is C13H13NO5. The van der Waals surface area contributed by atoms with Gasteiger partial charge in [-0.3, -0.25) is 0 Å². The number of epoxide rings is 1. The second kappa shape index (κ2) is 6.18. The smallest absolute Gasteiger partial charge is 0.360 e. The van der Waals surface area contributed by atoms with Crippen LogP contribution in [0.15, 0.2) is 22.8 Å². The van der Waals surface area contributed by atoms with E-state index in [0.29, 0.717) is 0 Å². The fourth-order valence-corrected chi connectivity index (χ4v) is 1.35. The molecule has 2 atom stereocenters. The van der Waals surface area contributed by atoms with E-state index in [1.54, 1.807) is 19.1 Å². The number of aliphatic hydroxyl groups is 1. The second-order valence-electron chi connectivity index (χ2n) is 3.71. The Labute approximate surface area is 110 Å². The molecular weight excluding hydrogens is 250 g/mol. The van der Waals surface area contributed by atoms with Crippen molar-refractivity contribution in [2.75, 3.05) is 13.2 Å². The highest BCUT2D eigenvalue weighted by atomic mass is 16.6. The Morgan fingerprint density at radius 1 is 1.68 bits per heavy atom. The van der Waals surface area contributed by atoms with Crippen LogP contribution in [0.1, 0.15) is 23.3 Å². The van der Waals surface area contributed by atoms with Crippen molar-refractivity contribution in [3.63, 3.8) is 0 Å². The summed E-state index contributed by atoms with van der Waals surface area (Å²) in [6.07, 6.45) is 4.35. The van der Waals surface area contributed by atoms with E-state index < -0.39 is 5.97 Å². The Kier molecular flexibility index (Phi) is 4.34. The minimum absolute atomic E-state index is 0.00503. The number of rotatable bonds is 4. The Hall–Kier alpha value is -2.10. The second-order valence-corrected chi connectivity index (χ2v) is 3.71. The van der Waals surface area contributed by atoms with Crippen LogP contribution in [0.2, 0.25) is 0 Å². The van der Waals surface area contributed by atoms with Gasteiger partial charge in [-0.1, -0.05) is 5.92 Å². The number of esters is 1. The molecule has 19 heavy (non-hydrogen) atoms. The number of allylic oxidation sites excluding steroid dienone is 1. The fourth-order valence-electron chi connectivity index (χ4n) is 1.35. The molecule has 0 bridgehead atoms. The predicted octanol–water partition coefficient (Wildman–Crippen LogP) is 0.519. The molecule has 0 aliphatic carbocycles. The van der Waals surface area contributed by atoms with Gasteiger partial charge in [0.15, 0.2) is 5.69 Å². The lowest BCUT2D eigenvalue weighted by Gasteiger charge is -1.94. The number of aromatic nitrogens is 1. The monoisotopic (exact) mass is 263 g/mol. The van der Waals surface area contributed by atoms with Gasteiger partial charge in [-0.2, -0.15) is 4.98 Å². The zero-order valence-electron chi connectivity index (χ0n) is 10.3. The number of nitrogens with zero attached hydrogens (tertiary/aromatic N) is 1. The van der Waals surface area contributed by atoms with Crippen LogP contribution in [0.4, 0.5) is 0 Å². The van der Waals surface area contributed by atoms with Crippen LogP contribution in [0, 0.1) is 11.8 Å². The van der Waals surface area contributed by atoms with Crippen LogP contribution in [-0.4, -0.2) is 41.5 Å². The maximum Gasteiger partial charge on any atom is 0.360 e. The first-order chi connectivity index (χ1) is 9.24. The molecule has 1 fully saturated rings. The van der Waals surface area contributed by atoms with E-state index in [0.717, 1.165) is 0 Å². The third kappa shape index (κ3) is 3.68. The van der Waals surface area contributed by atoms with Crippen LogP contribution in [0.5, 0.6) is 0 Å². The van der Waals surface area contributed by atoms with Crippen molar-refractivity contribution in [2.24, 2.45) is 0 Å². The number of oxazole rings is 1. The molecule has 1 aliphatic heterocycles. The highest BCUT2D eigenvalue weighted by molar-refractivity contribution is 5.86. The van der Waals surface area contributed by atoms with Crippen LogP contribution in [0.25, 0.3) is 0 Å². The van der Waals surface area contributed by atoms with E-state index in [1.165, 1.54) is 6.26 Å². The minimum Gasteiger partial charge on any atom is -0.461 e. The van der Waals surface area contributed by atoms with Crippen LogP contribution < -0.4 is 0 Å². The van der Waals surface area contributed by atoms with E-state index in [4.69, 9.17) is 19.0 Å². The number of aliphatic hydroxyl groups excluding tert-OH is 1. The molecule has 2 rings (SSSR count). The first-order valence-electron chi connectivity index (χ1n) is 5.81. The molecule has 0 unspecified atom stereocenters. The first kappa shape index (κ1) is 13.3. The van der Waals surface area contributed by atoms with Crippen LogP contribution in [-0.2, 0) is 9.47 Å².